The summed E-state index contributed by atoms with van der Waals surface area (Å²) in [5.74, 6) is 1.06. The Morgan fingerprint density at radius 3 is 2.61 bits per heavy atom. The number of aromatic nitrogens is 1. The molecule has 2 N–H and O–H groups in total. The molecule has 3 heterocycles. The number of ether oxygens (including phenoxy) is 1. The summed E-state index contributed by atoms with van der Waals surface area (Å²) in [6, 6.07) is 5.92. The fraction of sp³-hybridized carbons (Fsp3) is 0.565. The molecule has 0 unspecified atom stereocenters. The van der Waals surface area contributed by atoms with Gasteiger partial charge in [0.1, 0.15) is 0 Å². The molecule has 180 valence electrons. The second kappa shape index (κ2) is 10.6. The number of piperidine rings is 1. The van der Waals surface area contributed by atoms with E-state index >= 15 is 0 Å². The van der Waals surface area contributed by atoms with Crippen molar-refractivity contribution in [3.8, 4) is 0 Å². The molecule has 2 aliphatic heterocycles. The van der Waals surface area contributed by atoms with E-state index in [1.54, 1.807) is 0 Å². The Balaban J connectivity index is 1.31. The summed E-state index contributed by atoms with van der Waals surface area (Å²) in [5, 5.41) is 5.35. The molecule has 2 aliphatic rings. The molecule has 0 spiro atoms. The Kier molecular flexibility index (Phi) is 7.80. The van der Waals surface area contributed by atoms with Gasteiger partial charge < -0.3 is 4.74 Å². The van der Waals surface area contributed by atoms with Gasteiger partial charge in [0.25, 0.3) is 5.91 Å². The molecule has 1 amide bonds. The van der Waals surface area contributed by atoms with Gasteiger partial charge in [0.2, 0.25) is 10.0 Å². The number of anilines is 1. The van der Waals surface area contributed by atoms with Gasteiger partial charge in [-0.2, -0.15) is 0 Å². The van der Waals surface area contributed by atoms with Crippen LogP contribution in [0.15, 0.2) is 34.5 Å². The van der Waals surface area contributed by atoms with Crippen LogP contribution in [0.4, 0.5) is 5.13 Å². The molecular weight excluding hydrogens is 460 g/mol. The van der Waals surface area contributed by atoms with Crippen molar-refractivity contribution in [3.63, 3.8) is 0 Å². The lowest BCUT2D eigenvalue weighted by molar-refractivity contribution is 0.102. The molecule has 8 nitrogen and oxygen atoms in total. The highest BCUT2D eigenvalue weighted by Crippen LogP contribution is 2.24. The van der Waals surface area contributed by atoms with Crippen LogP contribution in [0.2, 0.25) is 0 Å². The number of nitrogens with zero attached hydrogens (tertiary/aromatic N) is 2. The molecule has 0 aliphatic carbocycles. The zero-order chi connectivity index (χ0) is 23.4. The van der Waals surface area contributed by atoms with E-state index < -0.39 is 10.0 Å². The van der Waals surface area contributed by atoms with Crippen molar-refractivity contribution < 1.29 is 17.9 Å². The Bertz CT molecular complexity index is 1040. The van der Waals surface area contributed by atoms with Crippen molar-refractivity contribution in [2.24, 2.45) is 11.8 Å². The van der Waals surface area contributed by atoms with Crippen LogP contribution in [0.1, 0.15) is 49.2 Å². The molecule has 4 rings (SSSR count). The third kappa shape index (κ3) is 6.60. The van der Waals surface area contributed by atoms with E-state index in [1.165, 1.54) is 42.0 Å². The van der Waals surface area contributed by atoms with E-state index in [9.17, 15) is 13.2 Å². The van der Waals surface area contributed by atoms with Gasteiger partial charge in [-0.05, 0) is 55.4 Å². The van der Waals surface area contributed by atoms with Crippen LogP contribution in [0, 0.1) is 11.8 Å². The first-order valence-electron chi connectivity index (χ1n) is 11.5. The molecule has 33 heavy (non-hydrogen) atoms. The predicted octanol–water partition coefficient (Wildman–Crippen LogP) is 3.33. The molecule has 0 radical (unpaired) electrons. The van der Waals surface area contributed by atoms with Gasteiger partial charge >= 0.3 is 0 Å². The molecule has 1 aromatic heterocycles. The molecule has 2 saturated heterocycles. The van der Waals surface area contributed by atoms with E-state index in [4.69, 9.17) is 4.74 Å². The van der Waals surface area contributed by atoms with Crippen LogP contribution in [-0.4, -0.2) is 56.6 Å². The number of amides is 1. The van der Waals surface area contributed by atoms with Gasteiger partial charge in [0, 0.05) is 43.7 Å². The fourth-order valence-corrected chi connectivity index (χ4v) is 6.40. The van der Waals surface area contributed by atoms with Gasteiger partial charge in [0.05, 0.1) is 16.7 Å². The van der Waals surface area contributed by atoms with Crippen LogP contribution >= 0.6 is 11.3 Å². The Morgan fingerprint density at radius 2 is 1.94 bits per heavy atom. The minimum absolute atomic E-state index is 0.0743. The average Bonchev–Trinajstić information content (AvgIpc) is 3.44. The first-order chi connectivity index (χ1) is 15.8. The highest BCUT2D eigenvalue weighted by atomic mass is 32.2. The van der Waals surface area contributed by atoms with Crippen LogP contribution in [0.25, 0.3) is 0 Å². The molecule has 10 heteroatoms. The lowest BCUT2D eigenvalue weighted by Gasteiger charge is -2.34. The summed E-state index contributed by atoms with van der Waals surface area (Å²) in [6.45, 7) is 8.42. The average molecular weight is 493 g/mol. The fourth-order valence-electron chi connectivity index (χ4n) is 4.63. The zero-order valence-corrected chi connectivity index (χ0v) is 20.8. The lowest BCUT2D eigenvalue weighted by atomic mass is 9.92. The SMILES string of the molecule is C[C@@H]1C[C@H](C)CN(Cc2csc(NC(=O)c3ccc(S(=O)(=O)NC[C@H]4CCCO4)cc3)n2)C1. The number of rotatable bonds is 8. The number of thiazole rings is 1. The topological polar surface area (TPSA) is 101 Å². The van der Waals surface area contributed by atoms with Gasteiger partial charge in [0.15, 0.2) is 5.13 Å². The Morgan fingerprint density at radius 1 is 1.21 bits per heavy atom. The molecular formula is C23H32N4O4S2. The number of carbonyl (C=O) groups is 1. The molecule has 0 bridgehead atoms. The van der Waals surface area contributed by atoms with Crippen molar-refractivity contribution in [3.05, 3.63) is 40.9 Å². The minimum atomic E-state index is -3.64. The number of hydrogen-bond acceptors (Lipinski definition) is 7. The van der Waals surface area contributed by atoms with Crippen LogP contribution < -0.4 is 10.0 Å². The molecule has 3 atom stereocenters. The summed E-state index contributed by atoms with van der Waals surface area (Å²) in [4.78, 5) is 19.7. The Hall–Kier alpha value is -1.85. The van der Waals surface area contributed by atoms with Crippen molar-refractivity contribution in [2.75, 3.05) is 31.6 Å². The summed E-state index contributed by atoms with van der Waals surface area (Å²) in [5.41, 5.74) is 1.33. The highest BCUT2D eigenvalue weighted by molar-refractivity contribution is 7.89. The maximum absolute atomic E-state index is 12.6. The molecule has 1 aromatic carbocycles. The molecule has 2 fully saturated rings. The first kappa shape index (κ1) is 24.3. The molecule has 0 saturated carbocycles. The van der Waals surface area contributed by atoms with Crippen LogP contribution in [0.3, 0.4) is 0 Å². The number of sulfonamides is 1. The summed E-state index contributed by atoms with van der Waals surface area (Å²) in [6.07, 6.45) is 3.00. The summed E-state index contributed by atoms with van der Waals surface area (Å²) in [7, 11) is -3.64. The van der Waals surface area contributed by atoms with E-state index in [1.807, 2.05) is 5.38 Å². The van der Waals surface area contributed by atoms with Crippen molar-refractivity contribution in [1.82, 2.24) is 14.6 Å². The number of hydrogen-bond donors (Lipinski definition) is 2. The number of benzene rings is 1. The lowest BCUT2D eigenvalue weighted by Crippen LogP contribution is -2.38. The monoisotopic (exact) mass is 492 g/mol. The maximum atomic E-state index is 12.6. The normalized spacial score (nSPS) is 24.1. The first-order valence-corrected chi connectivity index (χ1v) is 13.8. The number of carbonyl (C=O) groups excluding carboxylic acids is 1. The Labute approximate surface area is 199 Å². The summed E-state index contributed by atoms with van der Waals surface area (Å²) >= 11 is 1.40. The van der Waals surface area contributed by atoms with Gasteiger partial charge in [-0.3, -0.25) is 15.0 Å². The predicted molar refractivity (Wildman–Crippen MR) is 129 cm³/mol. The van der Waals surface area contributed by atoms with E-state index in [0.717, 1.165) is 38.2 Å². The van der Waals surface area contributed by atoms with Crippen molar-refractivity contribution in [2.45, 2.75) is 50.7 Å². The van der Waals surface area contributed by atoms with E-state index in [0.29, 0.717) is 29.1 Å². The van der Waals surface area contributed by atoms with Gasteiger partial charge in [-0.15, -0.1) is 11.3 Å². The zero-order valence-electron chi connectivity index (χ0n) is 19.1. The standard InChI is InChI=1S/C23H32N4O4S2/c1-16-10-17(2)13-27(12-16)14-19-15-32-23(25-19)26-22(28)18-5-7-21(8-6-18)33(29,30)24-11-20-4-3-9-31-20/h5-8,15-17,20,24H,3-4,9-14H2,1-2H3,(H,25,26,28)/t16-,17+,20-/m1/s1. The van der Waals surface area contributed by atoms with Crippen LogP contribution in [-0.2, 0) is 21.3 Å². The quantitative estimate of drug-likeness (QED) is 0.586. The third-order valence-electron chi connectivity index (χ3n) is 6.05. The number of nitrogens with one attached hydrogen (secondary N) is 2. The van der Waals surface area contributed by atoms with Crippen LogP contribution in [0.5, 0.6) is 0 Å². The van der Waals surface area contributed by atoms with Crippen molar-refractivity contribution >= 4 is 32.4 Å². The molecule has 2 aromatic rings. The number of likely N-dealkylation sites (tertiary alicyclic amines) is 1. The third-order valence-corrected chi connectivity index (χ3v) is 8.30. The smallest absolute Gasteiger partial charge is 0.257 e. The second-order valence-corrected chi connectivity index (χ2v) is 11.9. The summed E-state index contributed by atoms with van der Waals surface area (Å²) < 4.78 is 33.0. The van der Waals surface area contributed by atoms with E-state index in [2.05, 4.69) is 33.8 Å². The van der Waals surface area contributed by atoms with Gasteiger partial charge in [-0.25, -0.2) is 18.1 Å². The van der Waals surface area contributed by atoms with E-state index in [-0.39, 0.29) is 23.5 Å². The highest BCUT2D eigenvalue weighted by Gasteiger charge is 2.23. The minimum Gasteiger partial charge on any atom is -0.377 e. The van der Waals surface area contributed by atoms with Crippen molar-refractivity contribution in [1.29, 1.82) is 0 Å². The largest absolute Gasteiger partial charge is 0.377 e. The van der Waals surface area contributed by atoms with Gasteiger partial charge in [-0.1, -0.05) is 13.8 Å². The maximum Gasteiger partial charge on any atom is 0.257 e. The second-order valence-electron chi connectivity index (χ2n) is 9.25.